The number of aryl methyl sites for hydroxylation is 1. The van der Waals surface area contributed by atoms with E-state index >= 15 is 0 Å². The minimum absolute atomic E-state index is 0.0609. The van der Waals surface area contributed by atoms with Crippen LogP contribution in [0.1, 0.15) is 12.0 Å². The van der Waals surface area contributed by atoms with Crippen LogP contribution in [0.2, 0.25) is 0 Å². The standard InChI is InChI=1S/C19H19FN2O2S/c1-12-8-14(20)6-7-17(12)21-19(24)13-9-18(23)22(11-13)15-4-3-5-16(10-15)25-2/h3-8,10,13H,9,11H2,1-2H3,(H,21,24)/t13-/m1/s1. The second-order valence-corrected chi connectivity index (χ2v) is 6.94. The van der Waals surface area contributed by atoms with Crippen molar-refractivity contribution in [3.63, 3.8) is 0 Å². The Labute approximate surface area is 150 Å². The normalized spacial score (nSPS) is 17.0. The second kappa shape index (κ2) is 7.27. The van der Waals surface area contributed by atoms with Gasteiger partial charge in [0.1, 0.15) is 5.82 Å². The minimum Gasteiger partial charge on any atom is -0.326 e. The molecule has 130 valence electrons. The Kier molecular flexibility index (Phi) is 5.08. The largest absolute Gasteiger partial charge is 0.326 e. The van der Waals surface area contributed by atoms with Crippen molar-refractivity contribution in [3.05, 3.63) is 53.8 Å². The number of benzene rings is 2. The van der Waals surface area contributed by atoms with Gasteiger partial charge in [-0.3, -0.25) is 9.59 Å². The molecular weight excluding hydrogens is 339 g/mol. The van der Waals surface area contributed by atoms with Crippen LogP contribution in [0.5, 0.6) is 0 Å². The minimum atomic E-state index is -0.421. The van der Waals surface area contributed by atoms with E-state index in [9.17, 15) is 14.0 Å². The van der Waals surface area contributed by atoms with E-state index in [4.69, 9.17) is 0 Å². The Morgan fingerprint density at radius 1 is 1.28 bits per heavy atom. The van der Waals surface area contributed by atoms with E-state index in [1.54, 1.807) is 29.7 Å². The highest BCUT2D eigenvalue weighted by molar-refractivity contribution is 7.98. The number of thioether (sulfide) groups is 1. The van der Waals surface area contributed by atoms with Crippen molar-refractivity contribution < 1.29 is 14.0 Å². The van der Waals surface area contributed by atoms with Gasteiger partial charge < -0.3 is 10.2 Å². The summed E-state index contributed by atoms with van der Waals surface area (Å²) >= 11 is 1.61. The summed E-state index contributed by atoms with van der Waals surface area (Å²) in [6.07, 6.45) is 2.15. The van der Waals surface area contributed by atoms with Crippen LogP contribution in [-0.4, -0.2) is 24.6 Å². The summed E-state index contributed by atoms with van der Waals surface area (Å²) in [6.45, 7) is 2.08. The summed E-state index contributed by atoms with van der Waals surface area (Å²) < 4.78 is 13.2. The smallest absolute Gasteiger partial charge is 0.229 e. The predicted molar refractivity (Wildman–Crippen MR) is 98.4 cm³/mol. The number of rotatable bonds is 4. The van der Waals surface area contributed by atoms with Gasteiger partial charge in [0.15, 0.2) is 0 Å². The maximum Gasteiger partial charge on any atom is 0.229 e. The lowest BCUT2D eigenvalue weighted by Crippen LogP contribution is -2.28. The highest BCUT2D eigenvalue weighted by Crippen LogP contribution is 2.29. The van der Waals surface area contributed by atoms with E-state index in [1.165, 1.54) is 12.1 Å². The number of nitrogens with zero attached hydrogens (tertiary/aromatic N) is 1. The number of carbonyl (C=O) groups excluding carboxylic acids is 2. The van der Waals surface area contributed by atoms with Gasteiger partial charge in [-0.2, -0.15) is 0 Å². The number of amides is 2. The fourth-order valence-corrected chi connectivity index (χ4v) is 3.37. The van der Waals surface area contributed by atoms with Crippen LogP contribution in [0.25, 0.3) is 0 Å². The summed E-state index contributed by atoms with van der Waals surface area (Å²) in [4.78, 5) is 27.6. The fourth-order valence-electron chi connectivity index (χ4n) is 2.91. The average Bonchev–Trinajstić information content (AvgIpc) is 2.99. The zero-order valence-electron chi connectivity index (χ0n) is 14.1. The van der Waals surface area contributed by atoms with Gasteiger partial charge in [0.2, 0.25) is 11.8 Å². The Morgan fingerprint density at radius 2 is 2.08 bits per heavy atom. The first-order chi connectivity index (χ1) is 12.0. The van der Waals surface area contributed by atoms with Gasteiger partial charge in [-0.05, 0) is 55.1 Å². The molecule has 1 atom stereocenters. The molecule has 3 rings (SSSR count). The van der Waals surface area contributed by atoms with Gasteiger partial charge in [-0.15, -0.1) is 11.8 Å². The molecule has 2 aromatic rings. The molecule has 25 heavy (non-hydrogen) atoms. The van der Waals surface area contributed by atoms with Crippen molar-refractivity contribution in [2.45, 2.75) is 18.2 Å². The molecule has 1 aliphatic rings. The summed E-state index contributed by atoms with van der Waals surface area (Å²) in [7, 11) is 0. The molecule has 1 heterocycles. The lowest BCUT2D eigenvalue weighted by Gasteiger charge is -2.17. The molecule has 0 bridgehead atoms. The van der Waals surface area contributed by atoms with Gasteiger partial charge in [0.05, 0.1) is 5.92 Å². The summed E-state index contributed by atoms with van der Waals surface area (Å²) in [5.41, 5.74) is 2.04. The first kappa shape index (κ1) is 17.5. The van der Waals surface area contributed by atoms with Crippen molar-refractivity contribution in [1.29, 1.82) is 0 Å². The molecule has 0 radical (unpaired) electrons. The highest BCUT2D eigenvalue weighted by Gasteiger charge is 2.35. The number of hydrogen-bond donors (Lipinski definition) is 1. The van der Waals surface area contributed by atoms with E-state index in [0.717, 1.165) is 10.6 Å². The quantitative estimate of drug-likeness (QED) is 0.845. The molecule has 2 aromatic carbocycles. The molecule has 0 spiro atoms. The van der Waals surface area contributed by atoms with Crippen molar-refractivity contribution in [2.75, 3.05) is 23.0 Å². The Hall–Kier alpha value is -2.34. The summed E-state index contributed by atoms with van der Waals surface area (Å²) in [5.74, 6) is -1.04. The van der Waals surface area contributed by atoms with Crippen LogP contribution >= 0.6 is 11.8 Å². The Balaban J connectivity index is 1.72. The highest BCUT2D eigenvalue weighted by atomic mass is 32.2. The van der Waals surface area contributed by atoms with Crippen molar-refractivity contribution in [2.24, 2.45) is 5.92 Å². The van der Waals surface area contributed by atoms with E-state index in [-0.39, 0.29) is 24.1 Å². The van der Waals surface area contributed by atoms with Crippen molar-refractivity contribution in [1.82, 2.24) is 0 Å². The van der Waals surface area contributed by atoms with Gasteiger partial charge in [0.25, 0.3) is 0 Å². The SMILES string of the molecule is CSc1cccc(N2C[C@H](C(=O)Nc3ccc(F)cc3C)CC2=O)c1. The molecule has 4 nitrogen and oxygen atoms in total. The molecule has 1 aliphatic heterocycles. The number of anilines is 2. The molecule has 1 N–H and O–H groups in total. The molecule has 0 aromatic heterocycles. The molecule has 0 saturated carbocycles. The van der Waals surface area contributed by atoms with E-state index < -0.39 is 5.92 Å². The Bertz CT molecular complexity index is 825. The van der Waals surface area contributed by atoms with Gasteiger partial charge in [-0.1, -0.05) is 6.07 Å². The maximum absolute atomic E-state index is 13.2. The van der Waals surface area contributed by atoms with Crippen LogP contribution < -0.4 is 10.2 Å². The third-order valence-corrected chi connectivity index (χ3v) is 5.03. The lowest BCUT2D eigenvalue weighted by molar-refractivity contribution is -0.122. The molecule has 6 heteroatoms. The van der Waals surface area contributed by atoms with E-state index in [1.807, 2.05) is 30.5 Å². The number of halogens is 1. The second-order valence-electron chi connectivity index (χ2n) is 6.06. The molecule has 0 unspecified atom stereocenters. The van der Waals surface area contributed by atoms with Crippen LogP contribution in [-0.2, 0) is 9.59 Å². The molecular formula is C19H19FN2O2S. The third-order valence-electron chi connectivity index (χ3n) is 4.31. The molecule has 1 saturated heterocycles. The van der Waals surface area contributed by atoms with Gasteiger partial charge >= 0.3 is 0 Å². The summed E-state index contributed by atoms with van der Waals surface area (Å²) in [6, 6.07) is 11.9. The average molecular weight is 358 g/mol. The predicted octanol–water partition coefficient (Wildman–Crippen LogP) is 3.85. The van der Waals surface area contributed by atoms with Gasteiger partial charge in [-0.25, -0.2) is 4.39 Å². The van der Waals surface area contributed by atoms with Crippen LogP contribution in [0.15, 0.2) is 47.4 Å². The number of nitrogens with one attached hydrogen (secondary N) is 1. The zero-order chi connectivity index (χ0) is 18.0. The number of carbonyl (C=O) groups is 2. The topological polar surface area (TPSA) is 49.4 Å². The summed E-state index contributed by atoms with van der Waals surface area (Å²) in [5, 5.41) is 2.81. The first-order valence-corrected chi connectivity index (χ1v) is 9.22. The maximum atomic E-state index is 13.2. The monoisotopic (exact) mass is 358 g/mol. The van der Waals surface area contributed by atoms with Crippen molar-refractivity contribution >= 4 is 35.0 Å². The third kappa shape index (κ3) is 3.85. The zero-order valence-corrected chi connectivity index (χ0v) is 14.9. The molecule has 1 fully saturated rings. The van der Waals surface area contributed by atoms with Gasteiger partial charge in [0, 0.05) is 29.2 Å². The van der Waals surface area contributed by atoms with E-state index in [0.29, 0.717) is 17.8 Å². The number of hydrogen-bond acceptors (Lipinski definition) is 3. The molecule has 0 aliphatic carbocycles. The van der Waals surface area contributed by atoms with Crippen LogP contribution in [0.3, 0.4) is 0 Å². The fraction of sp³-hybridized carbons (Fsp3) is 0.263. The first-order valence-electron chi connectivity index (χ1n) is 7.99. The van der Waals surface area contributed by atoms with Crippen LogP contribution in [0, 0.1) is 18.7 Å². The Morgan fingerprint density at radius 3 is 2.80 bits per heavy atom. The van der Waals surface area contributed by atoms with E-state index in [2.05, 4.69) is 5.32 Å². The van der Waals surface area contributed by atoms with Crippen LogP contribution in [0.4, 0.5) is 15.8 Å². The molecule has 2 amide bonds. The lowest BCUT2D eigenvalue weighted by atomic mass is 10.1. The van der Waals surface area contributed by atoms with Crippen molar-refractivity contribution in [3.8, 4) is 0 Å².